The molecule has 0 radical (unpaired) electrons. The van der Waals surface area contributed by atoms with Crippen molar-refractivity contribution in [2.45, 2.75) is 18.9 Å². The van der Waals surface area contributed by atoms with E-state index in [1.807, 2.05) is 0 Å². The third-order valence-electron chi connectivity index (χ3n) is 4.36. The van der Waals surface area contributed by atoms with Crippen LogP contribution >= 0.6 is 12.2 Å². The highest BCUT2D eigenvalue weighted by Crippen LogP contribution is 2.28. The van der Waals surface area contributed by atoms with Gasteiger partial charge < -0.3 is 19.5 Å². The molecule has 0 spiro atoms. The fourth-order valence-electron chi connectivity index (χ4n) is 2.81. The lowest BCUT2D eigenvalue weighted by molar-refractivity contribution is 0.0729. The van der Waals surface area contributed by atoms with Gasteiger partial charge in [0.1, 0.15) is 5.82 Å². The van der Waals surface area contributed by atoms with Crippen LogP contribution in [0.2, 0.25) is 0 Å². The molecule has 0 amide bonds. The number of hydrazone groups is 1. The number of esters is 1. The van der Waals surface area contributed by atoms with E-state index >= 15 is 0 Å². The molecule has 1 aliphatic rings. The zero-order chi connectivity index (χ0) is 21.3. The summed E-state index contributed by atoms with van der Waals surface area (Å²) < 4.78 is 29.2. The summed E-state index contributed by atoms with van der Waals surface area (Å²) in [5.74, 6) is -0.443. The number of nitrogens with one attached hydrogen (secondary N) is 2. The Labute approximate surface area is 179 Å². The van der Waals surface area contributed by atoms with E-state index in [0.717, 1.165) is 19.4 Å². The number of carbonyl (C=O) groups excluding carboxylic acids is 1. The number of thiocarbonyl (C=S) groups is 1. The number of halogens is 1. The quantitative estimate of drug-likeness (QED) is 0.229. The van der Waals surface area contributed by atoms with Crippen LogP contribution in [0.3, 0.4) is 0 Å². The van der Waals surface area contributed by atoms with Crippen molar-refractivity contribution in [3.8, 4) is 11.5 Å². The molecule has 0 bridgehead atoms. The Bertz CT molecular complexity index is 915. The third kappa shape index (κ3) is 6.23. The van der Waals surface area contributed by atoms with E-state index in [9.17, 15) is 9.18 Å². The topological polar surface area (TPSA) is 81.2 Å². The van der Waals surface area contributed by atoms with E-state index in [1.54, 1.807) is 24.4 Å². The molecule has 1 saturated heterocycles. The summed E-state index contributed by atoms with van der Waals surface area (Å²) in [6, 6.07) is 10.1. The van der Waals surface area contributed by atoms with Crippen LogP contribution in [0.15, 0.2) is 47.6 Å². The lowest BCUT2D eigenvalue weighted by Crippen LogP contribution is -2.37. The zero-order valence-electron chi connectivity index (χ0n) is 16.4. The Hall–Kier alpha value is -3.04. The number of ether oxygens (including phenoxy) is 3. The summed E-state index contributed by atoms with van der Waals surface area (Å²) in [6.07, 6.45) is 3.84. The Morgan fingerprint density at radius 3 is 2.80 bits per heavy atom. The van der Waals surface area contributed by atoms with Crippen molar-refractivity contribution in [3.05, 3.63) is 59.4 Å². The molecule has 0 saturated carbocycles. The predicted octanol–water partition coefficient (Wildman–Crippen LogP) is 3.03. The molecule has 7 nitrogen and oxygen atoms in total. The van der Waals surface area contributed by atoms with E-state index < -0.39 is 11.8 Å². The molecule has 3 rings (SSSR count). The molecule has 1 unspecified atom stereocenters. The lowest BCUT2D eigenvalue weighted by Gasteiger charge is -2.12. The smallest absolute Gasteiger partial charge is 0.343 e. The van der Waals surface area contributed by atoms with Gasteiger partial charge in [-0.05, 0) is 73.1 Å². The fourth-order valence-corrected chi connectivity index (χ4v) is 2.95. The fraction of sp³-hybridized carbons (Fsp3) is 0.286. The SMILES string of the molecule is COc1cc(C=NNC(=S)NCC2CCCO2)ccc1OC(=O)c1ccc(F)cc1. The van der Waals surface area contributed by atoms with Gasteiger partial charge in [0, 0.05) is 13.2 Å². The summed E-state index contributed by atoms with van der Waals surface area (Å²) in [7, 11) is 1.47. The molecule has 0 aliphatic carbocycles. The molecular weight excluding hydrogens is 409 g/mol. The number of nitrogens with zero attached hydrogens (tertiary/aromatic N) is 1. The highest BCUT2D eigenvalue weighted by molar-refractivity contribution is 7.80. The maximum absolute atomic E-state index is 13.0. The molecule has 9 heteroatoms. The maximum atomic E-state index is 13.0. The number of rotatable bonds is 7. The van der Waals surface area contributed by atoms with Crippen molar-refractivity contribution >= 4 is 29.5 Å². The molecular formula is C21H22FN3O4S. The first-order valence-electron chi connectivity index (χ1n) is 9.39. The molecule has 0 aromatic heterocycles. The Balaban J connectivity index is 1.55. The van der Waals surface area contributed by atoms with Crippen LogP contribution in [-0.2, 0) is 4.74 Å². The highest BCUT2D eigenvalue weighted by atomic mass is 32.1. The van der Waals surface area contributed by atoms with E-state index in [1.165, 1.54) is 31.4 Å². The molecule has 2 aromatic rings. The van der Waals surface area contributed by atoms with Gasteiger partial charge in [-0.2, -0.15) is 5.10 Å². The van der Waals surface area contributed by atoms with Crippen LogP contribution in [-0.4, -0.2) is 43.7 Å². The maximum Gasteiger partial charge on any atom is 0.343 e. The van der Waals surface area contributed by atoms with Crippen LogP contribution < -0.4 is 20.2 Å². The molecule has 158 valence electrons. The minimum absolute atomic E-state index is 0.183. The van der Waals surface area contributed by atoms with Crippen molar-refractivity contribution in [2.24, 2.45) is 5.10 Å². The van der Waals surface area contributed by atoms with Crippen molar-refractivity contribution in [3.63, 3.8) is 0 Å². The van der Waals surface area contributed by atoms with E-state index in [0.29, 0.717) is 23.0 Å². The Morgan fingerprint density at radius 1 is 1.30 bits per heavy atom. The summed E-state index contributed by atoms with van der Waals surface area (Å²) in [5, 5.41) is 7.55. The number of carbonyl (C=O) groups is 1. The minimum Gasteiger partial charge on any atom is -0.493 e. The van der Waals surface area contributed by atoms with Gasteiger partial charge in [-0.1, -0.05) is 0 Å². The van der Waals surface area contributed by atoms with E-state index in [2.05, 4.69) is 15.8 Å². The Kier molecular flexibility index (Phi) is 7.69. The van der Waals surface area contributed by atoms with Crippen molar-refractivity contribution in [1.82, 2.24) is 10.7 Å². The van der Waals surface area contributed by atoms with Crippen LogP contribution in [0, 0.1) is 5.82 Å². The lowest BCUT2D eigenvalue weighted by atomic mass is 10.2. The normalized spacial score (nSPS) is 15.7. The second-order valence-corrected chi connectivity index (χ2v) is 6.93. The Morgan fingerprint density at radius 2 is 2.10 bits per heavy atom. The standard InChI is InChI=1S/C21H22FN3O4S/c1-27-19-11-14(12-24-25-21(30)23-13-17-3-2-10-28-17)4-9-18(19)29-20(26)15-5-7-16(22)8-6-15/h4-9,11-12,17H,2-3,10,13H2,1H3,(H2,23,25,30). The molecule has 1 heterocycles. The molecule has 1 atom stereocenters. The zero-order valence-corrected chi connectivity index (χ0v) is 17.2. The van der Waals surface area contributed by atoms with Crippen LogP contribution in [0.1, 0.15) is 28.8 Å². The average Bonchev–Trinajstić information content (AvgIpc) is 3.27. The van der Waals surface area contributed by atoms with Crippen molar-refractivity contribution in [2.75, 3.05) is 20.3 Å². The summed E-state index contributed by atoms with van der Waals surface area (Å²) >= 11 is 5.18. The van der Waals surface area contributed by atoms with Crippen molar-refractivity contribution < 1.29 is 23.4 Å². The van der Waals surface area contributed by atoms with Gasteiger partial charge in [0.25, 0.3) is 0 Å². The summed E-state index contributed by atoms with van der Waals surface area (Å²) in [4.78, 5) is 12.2. The number of benzene rings is 2. The second-order valence-electron chi connectivity index (χ2n) is 6.52. The molecule has 2 aromatic carbocycles. The monoisotopic (exact) mass is 431 g/mol. The number of hydrogen-bond donors (Lipinski definition) is 2. The predicted molar refractivity (Wildman–Crippen MR) is 115 cm³/mol. The summed E-state index contributed by atoms with van der Waals surface area (Å²) in [6.45, 7) is 1.44. The molecule has 30 heavy (non-hydrogen) atoms. The summed E-state index contributed by atoms with van der Waals surface area (Å²) in [5.41, 5.74) is 3.69. The van der Waals surface area contributed by atoms with Gasteiger partial charge in [-0.15, -0.1) is 0 Å². The van der Waals surface area contributed by atoms with Crippen molar-refractivity contribution in [1.29, 1.82) is 0 Å². The van der Waals surface area contributed by atoms with Gasteiger partial charge in [0.15, 0.2) is 16.6 Å². The minimum atomic E-state index is -0.612. The number of hydrogen-bond acceptors (Lipinski definition) is 6. The highest BCUT2D eigenvalue weighted by Gasteiger charge is 2.15. The molecule has 1 aliphatic heterocycles. The van der Waals surface area contributed by atoms with Gasteiger partial charge >= 0.3 is 5.97 Å². The van der Waals surface area contributed by atoms with E-state index in [4.69, 9.17) is 26.4 Å². The third-order valence-corrected chi connectivity index (χ3v) is 4.60. The molecule has 2 N–H and O–H groups in total. The van der Waals surface area contributed by atoms with Gasteiger partial charge in [0.2, 0.25) is 0 Å². The number of methoxy groups -OCH3 is 1. The largest absolute Gasteiger partial charge is 0.493 e. The van der Waals surface area contributed by atoms with Crippen LogP contribution in [0.25, 0.3) is 0 Å². The van der Waals surface area contributed by atoms with Gasteiger partial charge in [0.05, 0.1) is 25.0 Å². The first-order valence-corrected chi connectivity index (χ1v) is 9.80. The first-order chi connectivity index (χ1) is 14.5. The van der Waals surface area contributed by atoms with Crippen LogP contribution in [0.5, 0.6) is 11.5 Å². The van der Waals surface area contributed by atoms with Crippen LogP contribution in [0.4, 0.5) is 4.39 Å². The van der Waals surface area contributed by atoms with E-state index in [-0.39, 0.29) is 17.4 Å². The average molecular weight is 431 g/mol. The molecule has 1 fully saturated rings. The second kappa shape index (κ2) is 10.7. The van der Waals surface area contributed by atoms with Gasteiger partial charge in [-0.25, -0.2) is 9.18 Å². The first kappa shape index (κ1) is 21.7. The van der Waals surface area contributed by atoms with Gasteiger partial charge in [-0.3, -0.25) is 5.43 Å².